The van der Waals surface area contributed by atoms with Crippen LogP contribution in [0.2, 0.25) is 5.02 Å². The Balaban J connectivity index is 2.33. The van der Waals surface area contributed by atoms with E-state index >= 15 is 0 Å². The molecule has 18 heavy (non-hydrogen) atoms. The first-order valence-electron chi connectivity index (χ1n) is 6.34. The second-order valence-corrected chi connectivity index (χ2v) is 4.91. The highest BCUT2D eigenvalue weighted by Gasteiger charge is 2.07. The standard InChI is InChI=1S/C15H22ClNO/c1-4-15(13-5-7-14(16)8-6-13)17-9-10-18-11-12(2)3/h5-8,15,17H,2,4,9-11H2,1,3H3. The van der Waals surface area contributed by atoms with E-state index in [1.54, 1.807) is 0 Å². The molecule has 0 radical (unpaired) electrons. The molecule has 0 saturated heterocycles. The van der Waals surface area contributed by atoms with E-state index in [4.69, 9.17) is 16.3 Å². The number of halogens is 1. The zero-order valence-electron chi connectivity index (χ0n) is 11.2. The predicted molar refractivity (Wildman–Crippen MR) is 78.1 cm³/mol. The van der Waals surface area contributed by atoms with Gasteiger partial charge in [-0.1, -0.05) is 42.8 Å². The van der Waals surface area contributed by atoms with Crippen molar-refractivity contribution >= 4 is 11.6 Å². The van der Waals surface area contributed by atoms with Gasteiger partial charge in [0, 0.05) is 17.6 Å². The molecule has 1 N–H and O–H groups in total. The SMILES string of the molecule is C=C(C)COCCNC(CC)c1ccc(Cl)cc1. The molecule has 0 bridgehead atoms. The van der Waals surface area contributed by atoms with Crippen molar-refractivity contribution in [2.45, 2.75) is 26.3 Å². The maximum absolute atomic E-state index is 5.89. The molecule has 1 unspecified atom stereocenters. The van der Waals surface area contributed by atoms with Gasteiger partial charge in [-0.3, -0.25) is 0 Å². The fourth-order valence-electron chi connectivity index (χ4n) is 1.74. The summed E-state index contributed by atoms with van der Waals surface area (Å²) < 4.78 is 5.46. The van der Waals surface area contributed by atoms with Gasteiger partial charge in [-0.2, -0.15) is 0 Å². The fourth-order valence-corrected chi connectivity index (χ4v) is 1.87. The topological polar surface area (TPSA) is 21.3 Å². The van der Waals surface area contributed by atoms with E-state index in [1.165, 1.54) is 5.56 Å². The van der Waals surface area contributed by atoms with Gasteiger partial charge in [0.2, 0.25) is 0 Å². The molecule has 3 heteroatoms. The van der Waals surface area contributed by atoms with E-state index in [0.29, 0.717) is 19.3 Å². The quantitative estimate of drug-likeness (QED) is 0.568. The summed E-state index contributed by atoms with van der Waals surface area (Å²) in [6, 6.07) is 8.35. The highest BCUT2D eigenvalue weighted by atomic mass is 35.5. The van der Waals surface area contributed by atoms with Crippen LogP contribution in [0.25, 0.3) is 0 Å². The third kappa shape index (κ3) is 5.67. The molecule has 0 aromatic heterocycles. The first-order valence-corrected chi connectivity index (χ1v) is 6.72. The Bertz CT molecular complexity index is 361. The van der Waals surface area contributed by atoms with Crippen molar-refractivity contribution in [3.8, 4) is 0 Å². The molecule has 100 valence electrons. The lowest BCUT2D eigenvalue weighted by Crippen LogP contribution is -2.25. The van der Waals surface area contributed by atoms with E-state index in [1.807, 2.05) is 19.1 Å². The van der Waals surface area contributed by atoms with E-state index in [9.17, 15) is 0 Å². The van der Waals surface area contributed by atoms with Crippen molar-refractivity contribution in [3.63, 3.8) is 0 Å². The van der Waals surface area contributed by atoms with Crippen molar-refractivity contribution in [3.05, 3.63) is 47.0 Å². The highest BCUT2D eigenvalue weighted by molar-refractivity contribution is 6.30. The van der Waals surface area contributed by atoms with Gasteiger partial charge in [-0.05, 0) is 31.0 Å². The Morgan fingerprint density at radius 1 is 1.39 bits per heavy atom. The van der Waals surface area contributed by atoms with Crippen molar-refractivity contribution in [2.24, 2.45) is 0 Å². The minimum Gasteiger partial charge on any atom is -0.376 e. The molecule has 0 amide bonds. The smallest absolute Gasteiger partial charge is 0.0672 e. The third-order valence-corrected chi connectivity index (χ3v) is 2.92. The lowest BCUT2D eigenvalue weighted by molar-refractivity contribution is 0.155. The first kappa shape index (κ1) is 15.2. The molecule has 1 rings (SSSR count). The lowest BCUT2D eigenvalue weighted by Gasteiger charge is -2.17. The Labute approximate surface area is 115 Å². The minimum absolute atomic E-state index is 0.357. The molecular weight excluding hydrogens is 246 g/mol. The molecule has 0 aliphatic carbocycles. The van der Waals surface area contributed by atoms with Gasteiger partial charge in [-0.15, -0.1) is 0 Å². The lowest BCUT2D eigenvalue weighted by atomic mass is 10.0. The molecule has 0 heterocycles. The highest BCUT2D eigenvalue weighted by Crippen LogP contribution is 2.18. The van der Waals surface area contributed by atoms with Crippen LogP contribution < -0.4 is 5.32 Å². The van der Waals surface area contributed by atoms with Gasteiger partial charge < -0.3 is 10.1 Å². The van der Waals surface area contributed by atoms with Gasteiger partial charge >= 0.3 is 0 Å². The van der Waals surface area contributed by atoms with Gasteiger partial charge in [0.1, 0.15) is 0 Å². The number of nitrogens with one attached hydrogen (secondary N) is 1. The van der Waals surface area contributed by atoms with Crippen LogP contribution in [0.5, 0.6) is 0 Å². The van der Waals surface area contributed by atoms with Crippen molar-refractivity contribution < 1.29 is 4.74 Å². The average Bonchev–Trinajstić information content (AvgIpc) is 2.35. The van der Waals surface area contributed by atoms with E-state index in [2.05, 4.69) is 31.0 Å². The molecule has 2 nitrogen and oxygen atoms in total. The van der Waals surface area contributed by atoms with Crippen LogP contribution in [0.1, 0.15) is 31.9 Å². The van der Waals surface area contributed by atoms with Gasteiger partial charge in [0.05, 0.1) is 13.2 Å². The van der Waals surface area contributed by atoms with Crippen LogP contribution in [0.15, 0.2) is 36.4 Å². The molecule has 0 aliphatic heterocycles. The summed E-state index contributed by atoms with van der Waals surface area (Å²) in [5, 5.41) is 4.26. The molecule has 1 aromatic rings. The van der Waals surface area contributed by atoms with Crippen LogP contribution in [-0.4, -0.2) is 19.8 Å². The van der Waals surface area contributed by atoms with E-state index in [-0.39, 0.29) is 0 Å². The number of ether oxygens (including phenoxy) is 1. The molecule has 0 spiro atoms. The molecular formula is C15H22ClNO. The zero-order chi connectivity index (χ0) is 13.4. The second kappa shape index (κ2) is 8.30. The monoisotopic (exact) mass is 267 g/mol. The maximum atomic E-state index is 5.89. The Hall–Kier alpha value is -0.830. The molecule has 1 aromatic carbocycles. The van der Waals surface area contributed by atoms with E-state index < -0.39 is 0 Å². The second-order valence-electron chi connectivity index (χ2n) is 4.48. The summed E-state index contributed by atoms with van der Waals surface area (Å²) in [5.74, 6) is 0. The number of benzene rings is 1. The fraction of sp³-hybridized carbons (Fsp3) is 0.467. The maximum Gasteiger partial charge on any atom is 0.0672 e. The summed E-state index contributed by atoms with van der Waals surface area (Å²) in [6.07, 6.45) is 1.04. The number of hydrogen-bond acceptors (Lipinski definition) is 2. The summed E-state index contributed by atoms with van der Waals surface area (Å²) in [4.78, 5) is 0. The first-order chi connectivity index (χ1) is 8.63. The third-order valence-electron chi connectivity index (χ3n) is 2.67. The Kier molecular flexibility index (Phi) is 7.02. The normalized spacial score (nSPS) is 12.4. The van der Waals surface area contributed by atoms with Crippen LogP contribution in [0.3, 0.4) is 0 Å². The molecule has 0 saturated carbocycles. The van der Waals surface area contributed by atoms with Gasteiger partial charge in [0.15, 0.2) is 0 Å². The number of rotatable bonds is 8. The summed E-state index contributed by atoms with van der Waals surface area (Å²) in [6.45, 7) is 10.1. The summed E-state index contributed by atoms with van der Waals surface area (Å²) in [7, 11) is 0. The molecule has 0 fully saturated rings. The number of hydrogen-bond donors (Lipinski definition) is 1. The summed E-state index contributed by atoms with van der Waals surface area (Å²) >= 11 is 5.89. The van der Waals surface area contributed by atoms with Gasteiger partial charge in [0.25, 0.3) is 0 Å². The van der Waals surface area contributed by atoms with Crippen LogP contribution >= 0.6 is 11.6 Å². The average molecular weight is 268 g/mol. The predicted octanol–water partition coefficient (Wildman–Crippen LogP) is 3.97. The van der Waals surface area contributed by atoms with E-state index in [0.717, 1.165) is 23.6 Å². The van der Waals surface area contributed by atoms with Crippen molar-refractivity contribution in [2.75, 3.05) is 19.8 Å². The summed E-state index contributed by atoms with van der Waals surface area (Å²) in [5.41, 5.74) is 2.32. The Morgan fingerprint density at radius 3 is 2.61 bits per heavy atom. The molecule has 0 aliphatic rings. The zero-order valence-corrected chi connectivity index (χ0v) is 12.0. The van der Waals surface area contributed by atoms with Crippen molar-refractivity contribution in [1.82, 2.24) is 5.32 Å². The minimum atomic E-state index is 0.357. The van der Waals surface area contributed by atoms with Crippen LogP contribution in [-0.2, 0) is 4.74 Å². The van der Waals surface area contributed by atoms with Crippen LogP contribution in [0.4, 0.5) is 0 Å². The van der Waals surface area contributed by atoms with Crippen molar-refractivity contribution in [1.29, 1.82) is 0 Å². The van der Waals surface area contributed by atoms with Crippen LogP contribution in [0, 0.1) is 0 Å². The largest absolute Gasteiger partial charge is 0.376 e. The molecule has 1 atom stereocenters. The van der Waals surface area contributed by atoms with Gasteiger partial charge in [-0.25, -0.2) is 0 Å². The Morgan fingerprint density at radius 2 is 2.06 bits per heavy atom.